The number of methoxy groups -OCH3 is 2. The van der Waals surface area contributed by atoms with Crippen molar-refractivity contribution in [3.63, 3.8) is 0 Å². The van der Waals surface area contributed by atoms with Crippen LogP contribution in [-0.4, -0.2) is 43.0 Å². The van der Waals surface area contributed by atoms with Crippen molar-refractivity contribution >= 4 is 0 Å². The van der Waals surface area contributed by atoms with Gasteiger partial charge in [-0.15, -0.1) is 0 Å². The zero-order valence-corrected chi connectivity index (χ0v) is 9.49. The second-order valence-electron chi connectivity index (χ2n) is 4.01. The van der Waals surface area contributed by atoms with Gasteiger partial charge in [0, 0.05) is 25.7 Å². The highest BCUT2D eigenvalue weighted by Gasteiger charge is 2.36. The van der Waals surface area contributed by atoms with Gasteiger partial charge in [0.15, 0.2) is 0 Å². The number of pyridine rings is 1. The normalized spacial score (nSPS) is 17.7. The smallest absolute Gasteiger partial charge is 0.220 e. The fourth-order valence-electron chi connectivity index (χ4n) is 1.85. The molecule has 1 aromatic heterocycles. The molecular formula is C11H16N2O3. The van der Waals surface area contributed by atoms with Crippen LogP contribution in [0.1, 0.15) is 5.56 Å². The number of aromatic nitrogens is 1. The van der Waals surface area contributed by atoms with E-state index in [2.05, 4.69) is 10.3 Å². The second-order valence-corrected chi connectivity index (χ2v) is 4.01. The molecule has 0 bridgehead atoms. The van der Waals surface area contributed by atoms with E-state index in [1.54, 1.807) is 26.5 Å². The summed E-state index contributed by atoms with van der Waals surface area (Å²) in [4.78, 5) is 4.11. The van der Waals surface area contributed by atoms with Crippen LogP contribution in [0, 0.1) is 0 Å². The summed E-state index contributed by atoms with van der Waals surface area (Å²) in [6, 6.07) is 1.77. The number of nitrogens with one attached hydrogen (secondary N) is 1. The van der Waals surface area contributed by atoms with Crippen LogP contribution in [0.25, 0.3) is 0 Å². The summed E-state index contributed by atoms with van der Waals surface area (Å²) in [6.07, 6.45) is 2.12. The number of nitrogens with zero attached hydrogens (tertiary/aromatic N) is 1. The summed E-state index contributed by atoms with van der Waals surface area (Å²) >= 11 is 0. The molecule has 5 heteroatoms. The molecule has 2 heterocycles. The Hall–Kier alpha value is -1.33. The van der Waals surface area contributed by atoms with E-state index in [0.717, 1.165) is 5.56 Å². The molecule has 0 spiro atoms. The maximum Gasteiger partial charge on any atom is 0.220 e. The van der Waals surface area contributed by atoms with Gasteiger partial charge in [0.1, 0.15) is 5.75 Å². The van der Waals surface area contributed by atoms with Crippen molar-refractivity contribution in [2.45, 2.75) is 12.0 Å². The molecule has 0 amide bonds. The zero-order valence-electron chi connectivity index (χ0n) is 9.49. The van der Waals surface area contributed by atoms with Crippen LogP contribution in [0.2, 0.25) is 0 Å². The van der Waals surface area contributed by atoms with Crippen molar-refractivity contribution in [2.75, 3.05) is 27.3 Å². The molecule has 0 saturated carbocycles. The summed E-state index contributed by atoms with van der Waals surface area (Å²) in [5.74, 6) is 1.21. The molecule has 2 rings (SSSR count). The Kier molecular flexibility index (Phi) is 2.98. The molecule has 1 aromatic rings. The number of rotatable bonds is 4. The molecule has 1 fully saturated rings. The first-order valence-corrected chi connectivity index (χ1v) is 5.17. The summed E-state index contributed by atoms with van der Waals surface area (Å²) in [5, 5.41) is 13.1. The largest absolute Gasteiger partial charge is 0.496 e. The highest BCUT2D eigenvalue weighted by molar-refractivity contribution is 5.41. The van der Waals surface area contributed by atoms with Gasteiger partial charge in [-0.1, -0.05) is 0 Å². The number of hydrogen-bond donors (Lipinski definition) is 2. The Morgan fingerprint density at radius 2 is 2.19 bits per heavy atom. The van der Waals surface area contributed by atoms with Crippen LogP contribution in [0.15, 0.2) is 12.3 Å². The SMILES string of the molecule is COc1ccnc(OC)c1CC1(O)CNC1. The molecule has 5 nitrogen and oxygen atoms in total. The first kappa shape index (κ1) is 11.2. The zero-order chi connectivity index (χ0) is 11.6. The molecule has 1 aliphatic heterocycles. The van der Waals surface area contributed by atoms with E-state index in [0.29, 0.717) is 31.1 Å². The minimum atomic E-state index is -0.705. The highest BCUT2D eigenvalue weighted by atomic mass is 16.5. The average molecular weight is 224 g/mol. The average Bonchev–Trinajstić information content (AvgIpc) is 2.27. The van der Waals surface area contributed by atoms with E-state index in [9.17, 15) is 5.11 Å². The van der Waals surface area contributed by atoms with E-state index in [1.807, 2.05) is 0 Å². The van der Waals surface area contributed by atoms with E-state index in [4.69, 9.17) is 9.47 Å². The van der Waals surface area contributed by atoms with Gasteiger partial charge in [-0.3, -0.25) is 0 Å². The molecule has 0 unspecified atom stereocenters. The quantitative estimate of drug-likeness (QED) is 0.752. The lowest BCUT2D eigenvalue weighted by Crippen LogP contribution is -2.60. The molecule has 1 aliphatic rings. The van der Waals surface area contributed by atoms with Crippen LogP contribution in [0.5, 0.6) is 11.6 Å². The monoisotopic (exact) mass is 224 g/mol. The van der Waals surface area contributed by atoms with Crippen molar-refractivity contribution in [2.24, 2.45) is 0 Å². The predicted molar refractivity (Wildman–Crippen MR) is 58.9 cm³/mol. The summed E-state index contributed by atoms with van der Waals surface area (Å²) in [6.45, 7) is 1.18. The summed E-state index contributed by atoms with van der Waals surface area (Å²) < 4.78 is 10.4. The van der Waals surface area contributed by atoms with Crippen molar-refractivity contribution in [3.8, 4) is 11.6 Å². The molecular weight excluding hydrogens is 208 g/mol. The number of ether oxygens (including phenoxy) is 2. The molecule has 0 radical (unpaired) electrons. The first-order chi connectivity index (χ1) is 7.68. The number of hydrogen-bond acceptors (Lipinski definition) is 5. The Bertz CT molecular complexity index is 355. The van der Waals surface area contributed by atoms with Crippen LogP contribution in [-0.2, 0) is 6.42 Å². The van der Waals surface area contributed by atoms with Crippen LogP contribution >= 0.6 is 0 Å². The molecule has 2 N–H and O–H groups in total. The van der Waals surface area contributed by atoms with Crippen LogP contribution in [0.3, 0.4) is 0 Å². The maximum atomic E-state index is 10.1. The number of β-amino-alcohol motifs (C(OH)–C–C–N with tert-alkyl or cyclic N) is 1. The lowest BCUT2D eigenvalue weighted by atomic mass is 9.89. The van der Waals surface area contributed by atoms with E-state index >= 15 is 0 Å². The minimum Gasteiger partial charge on any atom is -0.496 e. The standard InChI is InChI=1S/C11H16N2O3/c1-15-9-3-4-13-10(16-2)8(9)5-11(14)6-12-7-11/h3-4,12,14H,5-7H2,1-2H3. The van der Waals surface area contributed by atoms with Crippen molar-refractivity contribution in [1.82, 2.24) is 10.3 Å². The third-order valence-corrected chi connectivity index (χ3v) is 2.80. The molecule has 16 heavy (non-hydrogen) atoms. The highest BCUT2D eigenvalue weighted by Crippen LogP contribution is 2.30. The fraction of sp³-hybridized carbons (Fsp3) is 0.545. The van der Waals surface area contributed by atoms with Gasteiger partial charge < -0.3 is 19.9 Å². The molecule has 0 aromatic carbocycles. The van der Waals surface area contributed by atoms with Crippen molar-refractivity contribution in [1.29, 1.82) is 0 Å². The Balaban J connectivity index is 2.29. The lowest BCUT2D eigenvalue weighted by molar-refractivity contribution is -0.00997. The van der Waals surface area contributed by atoms with Crippen LogP contribution in [0.4, 0.5) is 0 Å². The molecule has 88 valence electrons. The van der Waals surface area contributed by atoms with Gasteiger partial charge >= 0.3 is 0 Å². The summed E-state index contributed by atoms with van der Waals surface area (Å²) in [7, 11) is 3.16. The fourth-order valence-corrected chi connectivity index (χ4v) is 1.85. The van der Waals surface area contributed by atoms with E-state index in [-0.39, 0.29) is 0 Å². The van der Waals surface area contributed by atoms with Gasteiger partial charge in [0.25, 0.3) is 0 Å². The van der Waals surface area contributed by atoms with Crippen molar-refractivity contribution < 1.29 is 14.6 Å². The summed E-state index contributed by atoms with van der Waals surface area (Å²) in [5.41, 5.74) is 0.111. The van der Waals surface area contributed by atoms with Gasteiger partial charge in [-0.25, -0.2) is 4.98 Å². The Morgan fingerprint density at radius 3 is 2.69 bits per heavy atom. The molecule has 0 aliphatic carbocycles. The van der Waals surface area contributed by atoms with Gasteiger partial charge in [-0.05, 0) is 6.07 Å². The van der Waals surface area contributed by atoms with E-state index < -0.39 is 5.60 Å². The third kappa shape index (κ3) is 1.96. The Morgan fingerprint density at radius 1 is 1.44 bits per heavy atom. The van der Waals surface area contributed by atoms with Crippen LogP contribution < -0.4 is 14.8 Å². The maximum absolute atomic E-state index is 10.1. The Labute approximate surface area is 94.4 Å². The van der Waals surface area contributed by atoms with Gasteiger partial charge in [0.05, 0.1) is 25.4 Å². The second kappa shape index (κ2) is 4.27. The molecule has 1 saturated heterocycles. The van der Waals surface area contributed by atoms with Gasteiger partial charge in [0.2, 0.25) is 5.88 Å². The van der Waals surface area contributed by atoms with Crippen molar-refractivity contribution in [3.05, 3.63) is 17.8 Å². The molecule has 0 atom stereocenters. The predicted octanol–water partition coefficient (Wildman–Crippen LogP) is -0.0244. The minimum absolute atomic E-state index is 0.486. The first-order valence-electron chi connectivity index (χ1n) is 5.17. The van der Waals surface area contributed by atoms with E-state index in [1.165, 1.54) is 0 Å². The third-order valence-electron chi connectivity index (χ3n) is 2.80. The topological polar surface area (TPSA) is 63.6 Å². The van der Waals surface area contributed by atoms with Gasteiger partial charge in [-0.2, -0.15) is 0 Å². The number of aliphatic hydroxyl groups is 1. The lowest BCUT2D eigenvalue weighted by Gasteiger charge is -2.38.